The lowest BCUT2D eigenvalue weighted by Gasteiger charge is -2.40. The lowest BCUT2D eigenvalue weighted by molar-refractivity contribution is -0.231. The summed E-state index contributed by atoms with van der Waals surface area (Å²) in [4.78, 5) is 0. The Morgan fingerprint density at radius 3 is 2.35 bits per heavy atom. The van der Waals surface area contributed by atoms with Crippen molar-refractivity contribution < 1.29 is 29.6 Å². The molecule has 31 heavy (non-hydrogen) atoms. The Kier molecular flexibility index (Phi) is 6.81. The van der Waals surface area contributed by atoms with Crippen LogP contribution in [0.4, 0.5) is 4.39 Å². The Bertz CT molecular complexity index is 932. The monoisotopic (exact) mass is 446 g/mol. The minimum atomic E-state index is -1.40. The fourth-order valence-electron chi connectivity index (χ4n) is 4.14. The van der Waals surface area contributed by atoms with Gasteiger partial charge in [-0.2, -0.15) is 0 Å². The van der Waals surface area contributed by atoms with Crippen LogP contribution in [-0.2, 0) is 11.2 Å². The summed E-state index contributed by atoms with van der Waals surface area (Å²) in [5.74, 6) is -0.243. The van der Waals surface area contributed by atoms with Crippen LogP contribution in [0.5, 0.6) is 0 Å². The van der Waals surface area contributed by atoms with Crippen LogP contribution >= 0.6 is 11.8 Å². The lowest BCUT2D eigenvalue weighted by atomic mass is 9.89. The van der Waals surface area contributed by atoms with Gasteiger partial charge in [0.2, 0.25) is 0 Å². The largest absolute Gasteiger partial charge is 0.394 e. The summed E-state index contributed by atoms with van der Waals surface area (Å²) >= 11 is 1.80. The third-order valence-corrected chi connectivity index (χ3v) is 7.43. The second-order valence-electron chi connectivity index (χ2n) is 8.17. The van der Waals surface area contributed by atoms with Crippen LogP contribution in [0.2, 0.25) is 0 Å². The molecule has 2 aliphatic heterocycles. The molecule has 7 heteroatoms. The average Bonchev–Trinajstić information content (AvgIpc) is 3.23. The minimum absolute atomic E-state index is 0.180. The number of ether oxygens (including phenoxy) is 1. The third-order valence-electron chi connectivity index (χ3n) is 6.04. The number of aliphatic hydroxyl groups is 4. The van der Waals surface area contributed by atoms with Gasteiger partial charge in [0.25, 0.3) is 0 Å². The SMILES string of the molecule is Cc1ccc([C@@H]2O[C@H](CO)[C@@H](O)[C@H](O)[C@H]2O)cc1CC1C=CC(c2ccc(F)cc2)S1. The molecular formula is C24H27FO5S. The Morgan fingerprint density at radius 1 is 0.935 bits per heavy atom. The number of halogens is 1. The van der Waals surface area contributed by atoms with Crippen molar-refractivity contribution in [2.24, 2.45) is 0 Å². The zero-order valence-electron chi connectivity index (χ0n) is 17.1. The molecular weight excluding hydrogens is 419 g/mol. The second-order valence-corrected chi connectivity index (χ2v) is 9.56. The zero-order chi connectivity index (χ0) is 22.1. The smallest absolute Gasteiger partial charge is 0.123 e. The van der Waals surface area contributed by atoms with Gasteiger partial charge in [-0.25, -0.2) is 4.39 Å². The lowest BCUT2D eigenvalue weighted by Crippen LogP contribution is -2.55. The quantitative estimate of drug-likeness (QED) is 0.528. The Morgan fingerprint density at radius 2 is 1.65 bits per heavy atom. The number of benzene rings is 2. The fraction of sp³-hybridized carbons (Fsp3) is 0.417. The van der Waals surface area contributed by atoms with Crippen LogP contribution in [0.15, 0.2) is 54.6 Å². The van der Waals surface area contributed by atoms with E-state index in [4.69, 9.17) is 4.74 Å². The minimum Gasteiger partial charge on any atom is -0.394 e. The highest BCUT2D eigenvalue weighted by Gasteiger charge is 2.44. The van der Waals surface area contributed by atoms with E-state index in [1.807, 2.05) is 37.3 Å². The van der Waals surface area contributed by atoms with E-state index in [2.05, 4.69) is 12.2 Å². The molecule has 1 saturated heterocycles. The number of hydrogen-bond donors (Lipinski definition) is 4. The molecule has 0 amide bonds. The van der Waals surface area contributed by atoms with E-state index in [9.17, 15) is 24.8 Å². The van der Waals surface area contributed by atoms with Crippen LogP contribution in [0.3, 0.4) is 0 Å². The number of aliphatic hydroxyl groups excluding tert-OH is 4. The Balaban J connectivity index is 1.48. The number of rotatable bonds is 5. The maximum absolute atomic E-state index is 13.2. The highest BCUT2D eigenvalue weighted by Crippen LogP contribution is 2.41. The molecule has 0 spiro atoms. The molecule has 0 saturated carbocycles. The molecule has 4 rings (SSSR count). The summed E-state index contributed by atoms with van der Waals surface area (Å²) in [6.45, 7) is 1.57. The molecule has 7 atom stereocenters. The Hall–Kier alpha value is -1.74. The topological polar surface area (TPSA) is 90.2 Å². The first-order valence-electron chi connectivity index (χ1n) is 10.4. The molecule has 0 bridgehead atoms. The van der Waals surface area contributed by atoms with Gasteiger partial charge in [-0.3, -0.25) is 0 Å². The predicted molar refractivity (Wildman–Crippen MR) is 117 cm³/mol. The van der Waals surface area contributed by atoms with E-state index in [-0.39, 0.29) is 16.3 Å². The number of aryl methyl sites for hydroxylation is 1. The standard InChI is InChI=1S/C24H27FO5S/c1-13-2-3-15(24-23(29)22(28)21(27)19(12-26)30-24)10-16(13)11-18-8-9-20(31-18)14-4-6-17(25)7-5-14/h2-10,18-24,26-29H,11-12H2,1H3/t18?,19-,20?,21-,22+,23-,24+/m1/s1. The molecule has 0 radical (unpaired) electrons. The maximum Gasteiger partial charge on any atom is 0.123 e. The van der Waals surface area contributed by atoms with Crippen LogP contribution in [0.25, 0.3) is 0 Å². The van der Waals surface area contributed by atoms with Gasteiger partial charge in [0.1, 0.15) is 36.3 Å². The van der Waals surface area contributed by atoms with Crippen molar-refractivity contribution in [2.75, 3.05) is 6.61 Å². The average molecular weight is 447 g/mol. The van der Waals surface area contributed by atoms with E-state index in [1.165, 1.54) is 12.1 Å². The van der Waals surface area contributed by atoms with Crippen LogP contribution in [0, 0.1) is 12.7 Å². The Labute approximate surface area is 185 Å². The van der Waals surface area contributed by atoms with Crippen molar-refractivity contribution in [3.05, 3.63) is 82.7 Å². The molecule has 5 nitrogen and oxygen atoms in total. The van der Waals surface area contributed by atoms with Gasteiger partial charge in [0.05, 0.1) is 6.61 Å². The van der Waals surface area contributed by atoms with Gasteiger partial charge in [0.15, 0.2) is 0 Å². The van der Waals surface area contributed by atoms with Gasteiger partial charge in [-0.15, -0.1) is 11.8 Å². The van der Waals surface area contributed by atoms with Crippen molar-refractivity contribution in [1.29, 1.82) is 0 Å². The third kappa shape index (κ3) is 4.72. The first-order chi connectivity index (χ1) is 14.9. The normalized spacial score (nSPS) is 33.0. The highest BCUT2D eigenvalue weighted by atomic mass is 32.2. The van der Waals surface area contributed by atoms with Gasteiger partial charge < -0.3 is 25.2 Å². The fourth-order valence-corrected chi connectivity index (χ4v) is 5.47. The maximum atomic E-state index is 13.2. The van der Waals surface area contributed by atoms with E-state index >= 15 is 0 Å². The van der Waals surface area contributed by atoms with Crippen molar-refractivity contribution in [3.8, 4) is 0 Å². The number of thioether (sulfide) groups is 1. The van der Waals surface area contributed by atoms with Crippen LogP contribution in [0.1, 0.15) is 33.6 Å². The molecule has 166 valence electrons. The van der Waals surface area contributed by atoms with Gasteiger partial charge >= 0.3 is 0 Å². The second kappa shape index (κ2) is 9.40. The molecule has 2 unspecified atom stereocenters. The molecule has 4 N–H and O–H groups in total. The summed E-state index contributed by atoms with van der Waals surface area (Å²) in [5, 5.41) is 40.4. The molecule has 2 heterocycles. The van der Waals surface area contributed by atoms with E-state index < -0.39 is 37.1 Å². The van der Waals surface area contributed by atoms with E-state index in [0.29, 0.717) is 5.56 Å². The summed E-state index contributed by atoms with van der Waals surface area (Å²) < 4.78 is 18.9. The highest BCUT2D eigenvalue weighted by molar-refractivity contribution is 8.00. The van der Waals surface area contributed by atoms with E-state index in [1.54, 1.807) is 11.8 Å². The summed E-state index contributed by atoms with van der Waals surface area (Å²) in [5.41, 5.74) is 3.96. The molecule has 2 aromatic carbocycles. The zero-order valence-corrected chi connectivity index (χ0v) is 18.0. The summed E-state index contributed by atoms with van der Waals surface area (Å²) in [6.07, 6.45) is -0.757. The van der Waals surface area contributed by atoms with Crippen molar-refractivity contribution in [1.82, 2.24) is 0 Å². The van der Waals surface area contributed by atoms with Gasteiger partial charge in [0, 0.05) is 10.5 Å². The first-order valence-corrected chi connectivity index (χ1v) is 11.3. The van der Waals surface area contributed by atoms with Crippen molar-refractivity contribution in [3.63, 3.8) is 0 Å². The molecule has 2 aromatic rings. The molecule has 1 fully saturated rings. The van der Waals surface area contributed by atoms with Crippen LogP contribution < -0.4 is 0 Å². The van der Waals surface area contributed by atoms with Gasteiger partial charge in [-0.1, -0.05) is 42.5 Å². The molecule has 0 aliphatic carbocycles. The van der Waals surface area contributed by atoms with Crippen LogP contribution in [-0.4, -0.2) is 56.7 Å². The summed E-state index contributed by atoms with van der Waals surface area (Å²) in [6, 6.07) is 12.3. The first kappa shape index (κ1) is 22.5. The number of hydrogen-bond acceptors (Lipinski definition) is 6. The molecule has 2 aliphatic rings. The van der Waals surface area contributed by atoms with E-state index in [0.717, 1.165) is 23.1 Å². The van der Waals surface area contributed by atoms with Crippen molar-refractivity contribution in [2.45, 2.75) is 54.4 Å². The summed E-state index contributed by atoms with van der Waals surface area (Å²) in [7, 11) is 0. The predicted octanol–water partition coefficient (Wildman–Crippen LogP) is 2.60. The molecule has 0 aromatic heterocycles. The van der Waals surface area contributed by atoms with Gasteiger partial charge in [-0.05, 0) is 47.7 Å². The van der Waals surface area contributed by atoms with Crippen molar-refractivity contribution >= 4 is 11.8 Å².